The lowest BCUT2D eigenvalue weighted by Crippen LogP contribution is -2.46. The number of halogens is 5. The molecule has 1 unspecified atom stereocenters. The van der Waals surface area contributed by atoms with Crippen LogP contribution in [0, 0.1) is 11.6 Å². The summed E-state index contributed by atoms with van der Waals surface area (Å²) in [6.45, 7) is 0. The first kappa shape index (κ1) is 31.2. The van der Waals surface area contributed by atoms with Crippen LogP contribution < -0.4 is 10.1 Å². The van der Waals surface area contributed by atoms with Crippen LogP contribution in [0.25, 0.3) is 11.4 Å². The Bertz CT molecular complexity index is 1580. The summed E-state index contributed by atoms with van der Waals surface area (Å²) in [7, 11) is 2.34. The Labute approximate surface area is 251 Å². The van der Waals surface area contributed by atoms with Gasteiger partial charge in [0.2, 0.25) is 11.5 Å². The largest absolute Gasteiger partial charge is 0.497 e. The van der Waals surface area contributed by atoms with E-state index in [1.807, 2.05) is 0 Å². The van der Waals surface area contributed by atoms with Crippen molar-refractivity contribution >= 4 is 5.91 Å². The Morgan fingerprint density at radius 3 is 2.25 bits per heavy atom. The number of carbonyl (C=O) groups excluding carboxylic acids is 1. The van der Waals surface area contributed by atoms with Crippen molar-refractivity contribution in [1.82, 2.24) is 14.9 Å². The van der Waals surface area contributed by atoms with Gasteiger partial charge in [-0.15, -0.1) is 0 Å². The third-order valence-corrected chi connectivity index (χ3v) is 8.16. The first-order chi connectivity index (χ1) is 21.1. The Morgan fingerprint density at radius 2 is 1.64 bits per heavy atom. The summed E-state index contributed by atoms with van der Waals surface area (Å²) < 4.78 is 88.0. The average molecular weight is 614 g/mol. The summed E-state index contributed by atoms with van der Waals surface area (Å²) in [5, 5.41) is 3.05. The standard InChI is InChI=1S/C33H32F5N3O3/c1-43-24-15-13-21(14-16-24)29(31(42)40-23-11-7-4-8-12-23)41-20-19-39-30(41)27-25(17-18-26(34)28(27)35)32(44-2,33(36,37)38)22-9-5-3-6-10-22/h3,5-6,9-10,13-20,23,29H,4,7-8,11-12H2,1-2H3,(H,40,42)/t29?,32-/m0/s1. The van der Waals surface area contributed by atoms with Crippen molar-refractivity contribution in [2.24, 2.45) is 0 Å². The number of benzene rings is 3. The van der Waals surface area contributed by atoms with Gasteiger partial charge in [0.05, 0.1) is 12.7 Å². The molecule has 3 aromatic carbocycles. The summed E-state index contributed by atoms with van der Waals surface area (Å²) in [6, 6.07) is 13.4. The van der Waals surface area contributed by atoms with Crippen molar-refractivity contribution in [1.29, 1.82) is 0 Å². The predicted molar refractivity (Wildman–Crippen MR) is 154 cm³/mol. The molecule has 4 aromatic rings. The average Bonchev–Trinajstić information content (AvgIpc) is 3.49. The normalized spacial score (nSPS) is 16.2. The number of alkyl halides is 3. The van der Waals surface area contributed by atoms with Crippen LogP contribution in [0.2, 0.25) is 0 Å². The van der Waals surface area contributed by atoms with E-state index >= 15 is 17.6 Å². The second-order valence-corrected chi connectivity index (χ2v) is 10.7. The lowest BCUT2D eigenvalue weighted by molar-refractivity contribution is -0.258. The van der Waals surface area contributed by atoms with Gasteiger partial charge in [-0.25, -0.2) is 13.8 Å². The SMILES string of the molecule is COc1ccc(C(C(=O)NC2CCCCC2)n2ccnc2-c2c([C@@](OC)(c3ccccc3)C(F)(F)F)ccc(F)c2F)cc1. The molecule has 44 heavy (non-hydrogen) atoms. The molecule has 2 atom stereocenters. The van der Waals surface area contributed by atoms with Crippen LogP contribution in [0.4, 0.5) is 22.0 Å². The zero-order valence-electron chi connectivity index (χ0n) is 24.2. The molecule has 1 amide bonds. The maximum Gasteiger partial charge on any atom is 0.426 e. The number of carbonyl (C=O) groups is 1. The molecular formula is C33H32F5N3O3. The number of ether oxygens (including phenoxy) is 2. The van der Waals surface area contributed by atoms with Crippen molar-refractivity contribution in [3.05, 3.63) is 107 Å². The zero-order chi connectivity index (χ0) is 31.5. The number of imidazole rings is 1. The molecule has 0 aliphatic heterocycles. The van der Waals surface area contributed by atoms with Gasteiger partial charge >= 0.3 is 6.18 Å². The van der Waals surface area contributed by atoms with E-state index < -0.39 is 46.5 Å². The lowest BCUT2D eigenvalue weighted by Gasteiger charge is -2.37. The molecule has 0 saturated heterocycles. The number of amides is 1. The number of nitrogens with zero attached hydrogens (tertiary/aromatic N) is 2. The molecular weight excluding hydrogens is 581 g/mol. The fourth-order valence-electron chi connectivity index (χ4n) is 6.02. The Kier molecular flexibility index (Phi) is 9.05. The molecule has 1 aliphatic carbocycles. The second kappa shape index (κ2) is 12.8. The van der Waals surface area contributed by atoms with E-state index in [0.29, 0.717) is 17.4 Å². The van der Waals surface area contributed by atoms with Crippen LogP contribution in [0.15, 0.2) is 79.1 Å². The molecule has 1 aliphatic rings. The first-order valence-electron chi connectivity index (χ1n) is 14.3. The summed E-state index contributed by atoms with van der Waals surface area (Å²) >= 11 is 0. The molecule has 11 heteroatoms. The Morgan fingerprint density at radius 1 is 0.955 bits per heavy atom. The van der Waals surface area contributed by atoms with E-state index in [1.165, 1.54) is 54.4 Å². The first-order valence-corrected chi connectivity index (χ1v) is 14.3. The van der Waals surface area contributed by atoms with E-state index in [4.69, 9.17) is 9.47 Å². The summed E-state index contributed by atoms with van der Waals surface area (Å²) in [5.74, 6) is -3.26. The number of methoxy groups -OCH3 is 2. The van der Waals surface area contributed by atoms with Gasteiger partial charge in [-0.05, 0) is 42.2 Å². The van der Waals surface area contributed by atoms with Gasteiger partial charge in [0, 0.05) is 31.1 Å². The minimum Gasteiger partial charge on any atom is -0.497 e. The molecule has 1 heterocycles. The topological polar surface area (TPSA) is 65.4 Å². The molecule has 1 N–H and O–H groups in total. The molecule has 0 bridgehead atoms. The van der Waals surface area contributed by atoms with Crippen LogP contribution in [0.1, 0.15) is 54.8 Å². The van der Waals surface area contributed by atoms with Gasteiger partial charge in [-0.2, -0.15) is 13.2 Å². The number of aromatic nitrogens is 2. The predicted octanol–water partition coefficient (Wildman–Crippen LogP) is 7.33. The fraction of sp³-hybridized carbons (Fsp3) is 0.333. The third kappa shape index (κ3) is 5.68. The quantitative estimate of drug-likeness (QED) is 0.201. The molecule has 232 valence electrons. The molecule has 1 aromatic heterocycles. The van der Waals surface area contributed by atoms with E-state index in [0.717, 1.165) is 45.3 Å². The monoisotopic (exact) mass is 613 g/mol. The Balaban J connectivity index is 1.74. The summed E-state index contributed by atoms with van der Waals surface area (Å²) in [6.07, 6.45) is 1.99. The van der Waals surface area contributed by atoms with Crippen molar-refractivity contribution in [3.8, 4) is 17.1 Å². The van der Waals surface area contributed by atoms with E-state index in [2.05, 4.69) is 10.3 Å². The van der Waals surface area contributed by atoms with Gasteiger partial charge in [0.1, 0.15) is 17.6 Å². The number of hydrogen-bond donors (Lipinski definition) is 1. The fourth-order valence-corrected chi connectivity index (χ4v) is 6.02. The number of nitrogens with one attached hydrogen (secondary N) is 1. The highest BCUT2D eigenvalue weighted by molar-refractivity contribution is 5.85. The summed E-state index contributed by atoms with van der Waals surface area (Å²) in [5.41, 5.74) is -4.60. The highest BCUT2D eigenvalue weighted by Crippen LogP contribution is 2.50. The van der Waals surface area contributed by atoms with Crippen LogP contribution in [0.5, 0.6) is 5.75 Å². The van der Waals surface area contributed by atoms with Crippen molar-refractivity contribution in [2.75, 3.05) is 14.2 Å². The van der Waals surface area contributed by atoms with Gasteiger partial charge in [0.15, 0.2) is 11.6 Å². The smallest absolute Gasteiger partial charge is 0.426 e. The van der Waals surface area contributed by atoms with Crippen LogP contribution >= 0.6 is 0 Å². The lowest BCUT2D eigenvalue weighted by atomic mass is 9.82. The van der Waals surface area contributed by atoms with Gasteiger partial charge in [-0.1, -0.05) is 67.8 Å². The maximum absolute atomic E-state index is 15.9. The minimum absolute atomic E-state index is 0.102. The van der Waals surface area contributed by atoms with Gasteiger partial charge in [0.25, 0.3) is 0 Å². The molecule has 1 fully saturated rings. The number of hydrogen-bond acceptors (Lipinski definition) is 4. The van der Waals surface area contributed by atoms with Crippen LogP contribution in [0.3, 0.4) is 0 Å². The van der Waals surface area contributed by atoms with Crippen molar-refractivity contribution in [3.63, 3.8) is 0 Å². The van der Waals surface area contributed by atoms with Gasteiger partial charge < -0.3 is 19.4 Å². The van der Waals surface area contributed by atoms with E-state index in [-0.39, 0.29) is 17.4 Å². The molecule has 6 nitrogen and oxygen atoms in total. The van der Waals surface area contributed by atoms with E-state index in [9.17, 15) is 9.18 Å². The van der Waals surface area contributed by atoms with Crippen molar-refractivity contribution < 1.29 is 36.2 Å². The third-order valence-electron chi connectivity index (χ3n) is 8.16. The van der Waals surface area contributed by atoms with Crippen LogP contribution in [-0.4, -0.2) is 41.9 Å². The zero-order valence-corrected chi connectivity index (χ0v) is 24.2. The van der Waals surface area contributed by atoms with Gasteiger partial charge in [-0.3, -0.25) is 4.79 Å². The summed E-state index contributed by atoms with van der Waals surface area (Å²) in [4.78, 5) is 18.2. The van der Waals surface area contributed by atoms with E-state index in [1.54, 1.807) is 24.3 Å². The molecule has 1 saturated carbocycles. The maximum atomic E-state index is 15.9. The highest BCUT2D eigenvalue weighted by Gasteiger charge is 2.59. The minimum atomic E-state index is -5.12. The highest BCUT2D eigenvalue weighted by atomic mass is 19.4. The van der Waals surface area contributed by atoms with Crippen molar-refractivity contribution in [2.45, 2.75) is 56.0 Å². The van der Waals surface area contributed by atoms with Crippen LogP contribution in [-0.2, 0) is 15.1 Å². The molecule has 5 rings (SSSR count). The second-order valence-electron chi connectivity index (χ2n) is 10.7. The molecule has 0 spiro atoms. The Hall–Kier alpha value is -4.25. The molecule has 0 radical (unpaired) electrons. The number of rotatable bonds is 9.